The summed E-state index contributed by atoms with van der Waals surface area (Å²) in [4.78, 5) is 28.3. The van der Waals surface area contributed by atoms with Crippen LogP contribution in [0.2, 0.25) is 0 Å². The van der Waals surface area contributed by atoms with Gasteiger partial charge in [0.15, 0.2) is 17.5 Å². The number of imidazole rings is 1. The fourth-order valence-corrected chi connectivity index (χ4v) is 2.35. The number of hydrogen-bond acceptors (Lipinski definition) is 2. The van der Waals surface area contributed by atoms with Gasteiger partial charge in [0.1, 0.15) is 0 Å². The van der Waals surface area contributed by atoms with Crippen molar-refractivity contribution in [2.24, 2.45) is 0 Å². The summed E-state index contributed by atoms with van der Waals surface area (Å²) < 4.78 is 39.5. The fourth-order valence-electron chi connectivity index (χ4n) is 2.35. The molecule has 0 aliphatic carbocycles. The number of fused-ring (bicyclic) bond motifs is 1. The van der Waals surface area contributed by atoms with Gasteiger partial charge >= 0.3 is 5.69 Å². The summed E-state index contributed by atoms with van der Waals surface area (Å²) in [5.74, 6) is -5.37. The first kappa shape index (κ1) is 15.9. The molecule has 0 fully saturated rings. The van der Waals surface area contributed by atoms with Crippen LogP contribution in [0.4, 0.5) is 13.2 Å². The second-order valence-electron chi connectivity index (χ2n) is 5.19. The zero-order chi connectivity index (χ0) is 17.3. The Labute approximate surface area is 133 Å². The van der Waals surface area contributed by atoms with Crippen LogP contribution in [0.3, 0.4) is 0 Å². The minimum atomic E-state index is -1.68. The number of H-pyrrole nitrogens is 2. The Balaban J connectivity index is 1.66. The summed E-state index contributed by atoms with van der Waals surface area (Å²) in [6, 6.07) is 6.83. The molecule has 24 heavy (non-hydrogen) atoms. The Kier molecular flexibility index (Phi) is 4.11. The number of hydrogen-bond donors (Lipinski definition) is 3. The molecule has 0 spiro atoms. The molecule has 8 heteroatoms. The zero-order valence-corrected chi connectivity index (χ0v) is 12.3. The van der Waals surface area contributed by atoms with Crippen LogP contribution in [-0.4, -0.2) is 22.4 Å². The molecule has 0 saturated carbocycles. The van der Waals surface area contributed by atoms with Gasteiger partial charge in [-0.1, -0.05) is 6.07 Å². The van der Waals surface area contributed by atoms with Crippen LogP contribution in [0.25, 0.3) is 11.0 Å². The fraction of sp³-hybridized carbons (Fsp3) is 0.125. The van der Waals surface area contributed by atoms with Crippen molar-refractivity contribution in [3.63, 3.8) is 0 Å². The summed E-state index contributed by atoms with van der Waals surface area (Å²) in [6.45, 7) is 0.164. The van der Waals surface area contributed by atoms with E-state index in [-0.39, 0.29) is 12.2 Å². The van der Waals surface area contributed by atoms with Crippen LogP contribution < -0.4 is 11.0 Å². The Hall–Kier alpha value is -3.03. The zero-order valence-electron chi connectivity index (χ0n) is 12.3. The molecule has 5 nitrogen and oxygen atoms in total. The molecule has 2 aromatic carbocycles. The molecular weight excluding hydrogens is 323 g/mol. The van der Waals surface area contributed by atoms with Crippen molar-refractivity contribution in [3.8, 4) is 0 Å². The Morgan fingerprint density at radius 2 is 1.75 bits per heavy atom. The average Bonchev–Trinajstić information content (AvgIpc) is 2.92. The maximum atomic E-state index is 13.5. The molecule has 0 unspecified atom stereocenters. The van der Waals surface area contributed by atoms with E-state index in [1.165, 1.54) is 0 Å². The van der Waals surface area contributed by atoms with Gasteiger partial charge in [-0.15, -0.1) is 0 Å². The summed E-state index contributed by atoms with van der Waals surface area (Å²) in [5.41, 5.74) is 1.26. The topological polar surface area (TPSA) is 77.8 Å². The van der Waals surface area contributed by atoms with Crippen molar-refractivity contribution < 1.29 is 18.0 Å². The third-order valence-electron chi connectivity index (χ3n) is 3.56. The molecule has 3 rings (SSSR count). The van der Waals surface area contributed by atoms with Crippen LogP contribution >= 0.6 is 0 Å². The van der Waals surface area contributed by atoms with E-state index in [0.29, 0.717) is 23.5 Å². The summed E-state index contributed by atoms with van der Waals surface area (Å²) >= 11 is 0. The van der Waals surface area contributed by atoms with E-state index in [0.717, 1.165) is 11.6 Å². The van der Waals surface area contributed by atoms with E-state index in [4.69, 9.17) is 0 Å². The number of aromatic amines is 2. The minimum absolute atomic E-state index is 0.164. The second kappa shape index (κ2) is 6.23. The quantitative estimate of drug-likeness (QED) is 0.640. The summed E-state index contributed by atoms with van der Waals surface area (Å²) in [6.07, 6.45) is 0.417. The van der Waals surface area contributed by atoms with E-state index in [1.807, 2.05) is 0 Å². The second-order valence-corrected chi connectivity index (χ2v) is 5.19. The molecule has 0 aliphatic rings. The van der Waals surface area contributed by atoms with Crippen LogP contribution in [0.15, 0.2) is 35.1 Å². The molecule has 1 heterocycles. The Bertz CT molecular complexity index is 978. The lowest BCUT2D eigenvalue weighted by Gasteiger charge is -2.07. The van der Waals surface area contributed by atoms with Gasteiger partial charge in [0.2, 0.25) is 0 Å². The number of rotatable bonds is 4. The molecular formula is C16H12F3N3O2. The van der Waals surface area contributed by atoms with Crippen LogP contribution in [0.5, 0.6) is 0 Å². The van der Waals surface area contributed by atoms with Crippen LogP contribution in [0.1, 0.15) is 15.9 Å². The number of aromatic nitrogens is 2. The van der Waals surface area contributed by atoms with Crippen molar-refractivity contribution in [2.75, 3.05) is 6.54 Å². The molecule has 1 amide bonds. The molecule has 3 aromatic rings. The molecule has 124 valence electrons. The third kappa shape index (κ3) is 3.03. The first-order chi connectivity index (χ1) is 11.5. The van der Waals surface area contributed by atoms with E-state index in [9.17, 15) is 22.8 Å². The van der Waals surface area contributed by atoms with Crippen molar-refractivity contribution >= 4 is 16.9 Å². The van der Waals surface area contributed by atoms with Gasteiger partial charge < -0.3 is 15.3 Å². The summed E-state index contributed by atoms with van der Waals surface area (Å²) in [5, 5.41) is 2.44. The van der Waals surface area contributed by atoms with E-state index >= 15 is 0 Å². The van der Waals surface area contributed by atoms with Gasteiger partial charge in [-0.25, -0.2) is 18.0 Å². The molecule has 0 radical (unpaired) electrons. The van der Waals surface area contributed by atoms with Crippen molar-refractivity contribution in [1.29, 1.82) is 0 Å². The van der Waals surface area contributed by atoms with E-state index in [1.54, 1.807) is 18.2 Å². The van der Waals surface area contributed by atoms with Crippen molar-refractivity contribution in [1.82, 2.24) is 15.3 Å². The summed E-state index contributed by atoms with van der Waals surface area (Å²) in [7, 11) is 0. The first-order valence-corrected chi connectivity index (χ1v) is 7.08. The van der Waals surface area contributed by atoms with Crippen LogP contribution in [0, 0.1) is 17.5 Å². The number of benzene rings is 2. The van der Waals surface area contributed by atoms with Crippen LogP contribution in [-0.2, 0) is 6.42 Å². The predicted molar refractivity (Wildman–Crippen MR) is 81.3 cm³/mol. The molecule has 1 aromatic heterocycles. The number of carbonyl (C=O) groups is 1. The molecule has 3 N–H and O–H groups in total. The predicted octanol–water partition coefficient (Wildman–Crippen LogP) is 2.25. The highest BCUT2D eigenvalue weighted by molar-refractivity contribution is 5.94. The van der Waals surface area contributed by atoms with Gasteiger partial charge in [-0.3, -0.25) is 4.79 Å². The van der Waals surface area contributed by atoms with Gasteiger partial charge in [-0.05, 0) is 36.2 Å². The molecule has 0 bridgehead atoms. The standard InChI is InChI=1S/C16H12F3N3O2/c17-10-3-2-9(13(18)14(10)19)15(23)20-6-5-8-1-4-11-12(7-8)22-16(24)21-11/h1-4,7H,5-6H2,(H,20,23)(H2,21,22,24). The number of carbonyl (C=O) groups excluding carboxylic acids is 1. The third-order valence-corrected chi connectivity index (χ3v) is 3.56. The van der Waals surface area contributed by atoms with Gasteiger partial charge in [0.25, 0.3) is 5.91 Å². The largest absolute Gasteiger partial charge is 0.352 e. The Morgan fingerprint density at radius 1 is 1.00 bits per heavy atom. The monoisotopic (exact) mass is 335 g/mol. The van der Waals surface area contributed by atoms with E-state index < -0.39 is 28.9 Å². The Morgan fingerprint density at radius 3 is 2.54 bits per heavy atom. The molecule has 0 aliphatic heterocycles. The lowest BCUT2D eigenvalue weighted by molar-refractivity contribution is 0.0949. The number of amides is 1. The molecule has 0 atom stereocenters. The van der Waals surface area contributed by atoms with Crippen molar-refractivity contribution in [3.05, 3.63) is 69.4 Å². The van der Waals surface area contributed by atoms with Gasteiger partial charge in [0.05, 0.1) is 16.6 Å². The number of halogens is 3. The lowest BCUT2D eigenvalue weighted by Crippen LogP contribution is -2.27. The highest BCUT2D eigenvalue weighted by atomic mass is 19.2. The molecule has 0 saturated heterocycles. The number of nitrogens with one attached hydrogen (secondary N) is 3. The smallest absolute Gasteiger partial charge is 0.323 e. The van der Waals surface area contributed by atoms with E-state index in [2.05, 4.69) is 15.3 Å². The van der Waals surface area contributed by atoms with Gasteiger partial charge in [0, 0.05) is 6.54 Å². The SMILES string of the molecule is O=C(NCCc1ccc2[nH]c(=O)[nH]c2c1)c1ccc(F)c(F)c1F. The highest BCUT2D eigenvalue weighted by Crippen LogP contribution is 2.15. The maximum Gasteiger partial charge on any atom is 0.323 e. The normalized spacial score (nSPS) is 11.0. The maximum absolute atomic E-state index is 13.5. The highest BCUT2D eigenvalue weighted by Gasteiger charge is 2.18. The lowest BCUT2D eigenvalue weighted by atomic mass is 10.1. The van der Waals surface area contributed by atoms with Gasteiger partial charge in [-0.2, -0.15) is 0 Å². The van der Waals surface area contributed by atoms with Crippen molar-refractivity contribution in [2.45, 2.75) is 6.42 Å². The average molecular weight is 335 g/mol. The first-order valence-electron chi connectivity index (χ1n) is 7.08. The minimum Gasteiger partial charge on any atom is -0.352 e.